The van der Waals surface area contributed by atoms with E-state index in [0.717, 1.165) is 5.39 Å². The monoisotopic (exact) mass is 547 g/mol. The second-order valence-electron chi connectivity index (χ2n) is 9.21. The molecule has 2 aliphatic heterocycles. The maximum atomic E-state index is 13.1. The summed E-state index contributed by atoms with van der Waals surface area (Å²) in [6.45, 7) is 2.23. The average molecular weight is 548 g/mol. The van der Waals surface area contributed by atoms with Crippen LogP contribution in [0.1, 0.15) is 34.1 Å². The minimum absolute atomic E-state index is 0.262. The van der Waals surface area contributed by atoms with Crippen molar-refractivity contribution in [1.29, 1.82) is 0 Å². The zero-order valence-corrected chi connectivity index (χ0v) is 22.1. The number of nitrogens with zero attached hydrogens (tertiary/aromatic N) is 1. The van der Waals surface area contributed by atoms with Crippen molar-refractivity contribution in [2.45, 2.75) is 43.1 Å². The van der Waals surface area contributed by atoms with Crippen LogP contribution in [0.2, 0.25) is 0 Å². The Morgan fingerprint density at radius 1 is 1.11 bits per heavy atom. The van der Waals surface area contributed by atoms with Crippen LogP contribution >= 0.6 is 11.8 Å². The topological polar surface area (TPSA) is 158 Å². The van der Waals surface area contributed by atoms with Gasteiger partial charge in [-0.1, -0.05) is 12.1 Å². The molecule has 2 aromatic carbocycles. The number of aliphatic hydroxyl groups excluding tert-OH is 3. The molecule has 1 fully saturated rings. The summed E-state index contributed by atoms with van der Waals surface area (Å²) in [5.41, 5.74) is 0.311. The molecule has 5 atom stereocenters. The van der Waals surface area contributed by atoms with Crippen molar-refractivity contribution in [3.05, 3.63) is 41.5 Å². The molecule has 5 N–H and O–H groups in total. The van der Waals surface area contributed by atoms with E-state index in [1.54, 1.807) is 31.4 Å². The van der Waals surface area contributed by atoms with Crippen molar-refractivity contribution in [2.24, 2.45) is 0 Å². The predicted molar refractivity (Wildman–Crippen MR) is 141 cm³/mol. The number of amides is 3. The number of ether oxygens (including phenoxy) is 2. The fourth-order valence-electron chi connectivity index (χ4n) is 4.85. The average Bonchev–Trinajstić information content (AvgIpc) is 2.91. The van der Waals surface area contributed by atoms with Gasteiger partial charge in [-0.05, 0) is 31.2 Å². The van der Waals surface area contributed by atoms with Crippen molar-refractivity contribution in [3.63, 3.8) is 0 Å². The lowest BCUT2D eigenvalue weighted by molar-refractivity contribution is -0.173. The number of methoxy groups -OCH3 is 1. The van der Waals surface area contributed by atoms with Gasteiger partial charge in [-0.2, -0.15) is 0 Å². The fraction of sp³-hybridized carbons (Fsp3) is 0.500. The van der Waals surface area contributed by atoms with Gasteiger partial charge in [0.05, 0.1) is 19.8 Å². The minimum atomic E-state index is -1.31. The summed E-state index contributed by atoms with van der Waals surface area (Å²) in [6.07, 6.45) is -2.98. The molecule has 0 aliphatic carbocycles. The lowest BCUT2D eigenvalue weighted by atomic mass is 9.93. The zero-order chi connectivity index (χ0) is 27.4. The Morgan fingerprint density at radius 2 is 1.84 bits per heavy atom. The van der Waals surface area contributed by atoms with Crippen molar-refractivity contribution < 1.29 is 39.2 Å². The third-order valence-corrected chi connectivity index (χ3v) is 7.89. The lowest BCUT2D eigenvalue weighted by Crippen LogP contribution is -2.63. The molecule has 38 heavy (non-hydrogen) atoms. The van der Waals surface area contributed by atoms with Crippen molar-refractivity contribution in [3.8, 4) is 5.75 Å². The summed E-state index contributed by atoms with van der Waals surface area (Å²) in [6, 6.07) is 7.95. The number of hydrogen-bond acceptors (Lipinski definition) is 10. The summed E-state index contributed by atoms with van der Waals surface area (Å²) in [5, 5.41) is 37.1. The zero-order valence-electron chi connectivity index (χ0n) is 21.3. The first kappa shape index (κ1) is 28.3. The number of rotatable bonds is 11. The largest absolute Gasteiger partial charge is 0.496 e. The van der Waals surface area contributed by atoms with Crippen LogP contribution in [0.5, 0.6) is 5.75 Å². The molecule has 2 aliphatic rings. The van der Waals surface area contributed by atoms with Gasteiger partial charge in [-0.15, -0.1) is 11.8 Å². The van der Waals surface area contributed by atoms with Crippen LogP contribution in [0.3, 0.4) is 0 Å². The number of imide groups is 1. The number of thioether (sulfide) groups is 1. The first-order valence-corrected chi connectivity index (χ1v) is 13.5. The van der Waals surface area contributed by atoms with Crippen LogP contribution in [0.25, 0.3) is 10.8 Å². The van der Waals surface area contributed by atoms with Gasteiger partial charge in [-0.3, -0.25) is 19.3 Å². The van der Waals surface area contributed by atoms with Gasteiger partial charge >= 0.3 is 0 Å². The predicted octanol–water partition coefficient (Wildman–Crippen LogP) is 0.101. The Labute approximate surface area is 224 Å². The summed E-state index contributed by atoms with van der Waals surface area (Å²) in [5.74, 6) is 0.154. The summed E-state index contributed by atoms with van der Waals surface area (Å²) < 4.78 is 11.1. The summed E-state index contributed by atoms with van der Waals surface area (Å²) in [4.78, 5) is 39.0. The number of carbonyl (C=O) groups excluding carboxylic acids is 3. The molecule has 2 aromatic rings. The maximum absolute atomic E-state index is 13.1. The third-order valence-electron chi connectivity index (χ3n) is 6.72. The van der Waals surface area contributed by atoms with Crippen LogP contribution in [-0.2, 0) is 9.53 Å². The van der Waals surface area contributed by atoms with Crippen LogP contribution in [-0.4, -0.2) is 107 Å². The van der Waals surface area contributed by atoms with Gasteiger partial charge in [0.25, 0.3) is 11.8 Å². The van der Waals surface area contributed by atoms with E-state index in [0.29, 0.717) is 47.5 Å². The maximum Gasteiger partial charge on any atom is 0.261 e. The van der Waals surface area contributed by atoms with Crippen LogP contribution in [0.4, 0.5) is 0 Å². The smallest absolute Gasteiger partial charge is 0.261 e. The molecular weight excluding hydrogens is 514 g/mol. The van der Waals surface area contributed by atoms with E-state index in [1.807, 2.05) is 6.07 Å². The van der Waals surface area contributed by atoms with Gasteiger partial charge in [0.15, 0.2) is 0 Å². The molecular formula is C26H33N3O8S. The Balaban J connectivity index is 1.27. The van der Waals surface area contributed by atoms with Gasteiger partial charge < -0.3 is 35.4 Å². The Bertz CT molecular complexity index is 1170. The first-order chi connectivity index (χ1) is 18.3. The SMILES string of the molecule is COc1ccc2c3c(cccc13)C(=O)N(CCCNCCS[C@@H]1O[C@H](CO)[C@@H](O)[C@H](O)[C@H]1NC(C)=O)C2=O. The number of benzene rings is 2. The van der Waals surface area contributed by atoms with Gasteiger partial charge in [0.2, 0.25) is 5.91 Å². The molecule has 11 nitrogen and oxygen atoms in total. The molecule has 0 saturated carbocycles. The normalized spacial score (nSPS) is 25.1. The van der Waals surface area contributed by atoms with E-state index < -0.39 is 36.4 Å². The number of carbonyl (C=O) groups is 3. The van der Waals surface area contributed by atoms with Crippen LogP contribution < -0.4 is 15.4 Å². The molecule has 0 bridgehead atoms. The van der Waals surface area contributed by atoms with E-state index in [-0.39, 0.29) is 24.3 Å². The minimum Gasteiger partial charge on any atom is -0.496 e. The van der Waals surface area contributed by atoms with E-state index in [2.05, 4.69) is 10.6 Å². The fourth-order valence-corrected chi connectivity index (χ4v) is 6.00. The third kappa shape index (κ3) is 5.65. The number of nitrogens with one attached hydrogen (secondary N) is 2. The summed E-state index contributed by atoms with van der Waals surface area (Å²) >= 11 is 1.34. The second kappa shape index (κ2) is 12.4. The lowest BCUT2D eigenvalue weighted by Gasteiger charge is -2.42. The van der Waals surface area contributed by atoms with Crippen molar-refractivity contribution >= 4 is 40.3 Å². The molecule has 3 amide bonds. The highest BCUT2D eigenvalue weighted by molar-refractivity contribution is 7.99. The quantitative estimate of drug-likeness (QED) is 0.193. The molecule has 0 aromatic heterocycles. The number of hydrogen-bond donors (Lipinski definition) is 5. The van der Waals surface area contributed by atoms with E-state index >= 15 is 0 Å². The van der Waals surface area contributed by atoms with Crippen LogP contribution in [0, 0.1) is 0 Å². The molecule has 0 spiro atoms. The standard InChI is InChI=1S/C26H33N3O8S/c1-14(31)28-21-23(33)22(32)19(13-30)37-26(21)38-12-10-27-9-4-11-29-24(34)16-6-3-5-15-18(36-2)8-7-17(20(15)16)25(29)35/h3,5-8,19,21-23,26-27,30,32-33H,4,9-13H2,1-2H3,(H,28,31)/t19-,21-,22-,23-,26+/m1/s1. The second-order valence-corrected chi connectivity index (χ2v) is 10.4. The van der Waals surface area contributed by atoms with E-state index in [1.165, 1.54) is 23.6 Å². The van der Waals surface area contributed by atoms with Gasteiger partial charge in [0, 0.05) is 47.7 Å². The molecule has 4 rings (SSSR count). The molecule has 0 unspecified atom stereocenters. The highest BCUT2D eigenvalue weighted by Gasteiger charge is 2.44. The van der Waals surface area contributed by atoms with Gasteiger partial charge in [0.1, 0.15) is 29.5 Å². The van der Waals surface area contributed by atoms with E-state index in [9.17, 15) is 29.7 Å². The Kier molecular flexibility index (Phi) is 9.23. The molecule has 0 radical (unpaired) electrons. The Morgan fingerprint density at radius 3 is 2.53 bits per heavy atom. The first-order valence-electron chi connectivity index (χ1n) is 12.5. The molecule has 206 valence electrons. The van der Waals surface area contributed by atoms with Crippen molar-refractivity contribution in [2.75, 3.05) is 39.1 Å². The highest BCUT2D eigenvalue weighted by atomic mass is 32.2. The van der Waals surface area contributed by atoms with Gasteiger partial charge in [-0.25, -0.2) is 0 Å². The summed E-state index contributed by atoms with van der Waals surface area (Å²) in [7, 11) is 1.55. The van der Waals surface area contributed by atoms with Crippen molar-refractivity contribution in [1.82, 2.24) is 15.5 Å². The molecule has 2 heterocycles. The Hall–Kier alpha value is -2.74. The molecule has 12 heteroatoms. The number of aliphatic hydroxyl groups is 3. The van der Waals surface area contributed by atoms with Crippen LogP contribution in [0.15, 0.2) is 30.3 Å². The van der Waals surface area contributed by atoms with E-state index in [4.69, 9.17) is 9.47 Å². The highest BCUT2D eigenvalue weighted by Crippen LogP contribution is 2.35. The molecule has 1 saturated heterocycles.